The summed E-state index contributed by atoms with van der Waals surface area (Å²) in [4.78, 5) is 25.2. The summed E-state index contributed by atoms with van der Waals surface area (Å²) >= 11 is 0. The van der Waals surface area contributed by atoms with Crippen molar-refractivity contribution in [1.29, 1.82) is 0 Å². The van der Waals surface area contributed by atoms with Gasteiger partial charge >= 0.3 is 51.4 Å². The number of nitrogens with zero attached hydrogens (tertiary/aromatic N) is 1. The monoisotopic (exact) mass is 346 g/mol. The molecule has 0 aromatic rings. The molecular formula is C15H24BKN2O4-2. The standard InChI is InChI=1S/C11H15N2O2.C4H9BO2.K/c1-3-5-10(6-7-12-4-2)11(15)13-8-9-14;1-2-3-4-5(6)7;/h4-7H,3,8H2,1-2H3,(H,13,15);4,6-7H,1-3H2;/q-1;-2;+1/b7-6-,10-5+,12-4?;;. The molecule has 0 bridgehead atoms. The molecule has 0 aromatic heterocycles. The van der Waals surface area contributed by atoms with Crippen LogP contribution in [0.5, 0.6) is 0 Å². The topological polar surface area (TPSA) is 99.0 Å². The van der Waals surface area contributed by atoms with Crippen LogP contribution in [0, 0.1) is 13.2 Å². The molecule has 0 aliphatic carbocycles. The summed E-state index contributed by atoms with van der Waals surface area (Å²) < 4.78 is 0. The number of carbonyl (C=O) groups is 1. The van der Waals surface area contributed by atoms with Crippen LogP contribution in [-0.4, -0.2) is 42.1 Å². The molecular weight excluding hydrogens is 322 g/mol. The first-order valence-electron chi connectivity index (χ1n) is 6.99. The summed E-state index contributed by atoms with van der Waals surface area (Å²) in [7, 11) is -1.26. The molecule has 0 saturated carbocycles. The van der Waals surface area contributed by atoms with Crippen LogP contribution >= 0.6 is 0 Å². The van der Waals surface area contributed by atoms with Crippen molar-refractivity contribution in [2.45, 2.75) is 33.1 Å². The molecule has 124 valence electrons. The van der Waals surface area contributed by atoms with Gasteiger partial charge in [-0.15, -0.1) is 0 Å². The number of nitrogens with one attached hydrogen (secondary N) is 1. The minimum Gasteiger partial charge on any atom is -0.540 e. The van der Waals surface area contributed by atoms with Crippen LogP contribution in [0.25, 0.3) is 0 Å². The molecule has 0 heterocycles. The predicted molar refractivity (Wildman–Crippen MR) is 89.5 cm³/mol. The van der Waals surface area contributed by atoms with Crippen LogP contribution in [0.1, 0.15) is 33.1 Å². The van der Waals surface area contributed by atoms with E-state index in [-0.39, 0.29) is 63.8 Å². The molecule has 6 nitrogen and oxygen atoms in total. The molecule has 23 heavy (non-hydrogen) atoms. The molecule has 0 aliphatic rings. The smallest absolute Gasteiger partial charge is 0.540 e. The fourth-order valence-electron chi connectivity index (χ4n) is 1.15. The molecule has 0 saturated heterocycles. The quantitative estimate of drug-likeness (QED) is 0.147. The van der Waals surface area contributed by atoms with Crippen LogP contribution in [0.15, 0.2) is 28.9 Å². The van der Waals surface area contributed by atoms with Crippen LogP contribution in [0.3, 0.4) is 0 Å². The third-order valence-corrected chi connectivity index (χ3v) is 2.08. The minimum absolute atomic E-state index is 0. The first kappa shape index (κ1) is 27.7. The second-order valence-corrected chi connectivity index (χ2v) is 3.91. The van der Waals surface area contributed by atoms with Crippen molar-refractivity contribution in [3.05, 3.63) is 37.2 Å². The maximum absolute atomic E-state index is 11.4. The zero-order chi connectivity index (χ0) is 17.2. The van der Waals surface area contributed by atoms with Crippen molar-refractivity contribution < 1.29 is 71.0 Å². The van der Waals surface area contributed by atoms with E-state index in [0.29, 0.717) is 12.0 Å². The normalized spacial score (nSPS) is 10.7. The first-order valence-corrected chi connectivity index (χ1v) is 6.99. The largest absolute Gasteiger partial charge is 1.00 e. The SMILES string of the molecule is CC=N/C=C\C(=C/CC)C(=O)NC[C-]=O.[CH2-]CC[CH-]B(O)O.[K+]. The summed E-state index contributed by atoms with van der Waals surface area (Å²) in [5, 5.41) is 18.7. The van der Waals surface area contributed by atoms with E-state index in [1.165, 1.54) is 12.5 Å². The van der Waals surface area contributed by atoms with E-state index in [4.69, 9.17) is 10.0 Å². The molecule has 0 spiro atoms. The van der Waals surface area contributed by atoms with Gasteiger partial charge in [0.2, 0.25) is 5.91 Å². The third kappa shape index (κ3) is 21.9. The molecule has 0 atom stereocenters. The Bertz CT molecular complexity index is 386. The van der Waals surface area contributed by atoms with Gasteiger partial charge < -0.3 is 27.1 Å². The maximum Gasteiger partial charge on any atom is 1.00 e. The number of allylic oxidation sites excluding steroid dienone is 1. The molecule has 8 heteroatoms. The van der Waals surface area contributed by atoms with Crippen molar-refractivity contribution in [2.75, 3.05) is 6.54 Å². The number of aliphatic imine (C=N–C) groups is 1. The van der Waals surface area contributed by atoms with Gasteiger partial charge in [-0.1, -0.05) is 19.5 Å². The summed E-state index contributed by atoms with van der Waals surface area (Å²) in [6, 6.07) is 0. The van der Waals surface area contributed by atoms with E-state index in [1.54, 1.807) is 31.6 Å². The van der Waals surface area contributed by atoms with E-state index < -0.39 is 7.12 Å². The van der Waals surface area contributed by atoms with Gasteiger partial charge in [0, 0.05) is 18.0 Å². The molecule has 0 rings (SSSR count). The Hall–Kier alpha value is -0.0887. The van der Waals surface area contributed by atoms with E-state index in [0.717, 1.165) is 12.8 Å². The molecule has 1 amide bonds. The molecule has 0 radical (unpaired) electrons. The Morgan fingerprint density at radius 3 is 2.52 bits per heavy atom. The van der Waals surface area contributed by atoms with Gasteiger partial charge in [0.05, 0.1) is 0 Å². The van der Waals surface area contributed by atoms with Gasteiger partial charge in [-0.25, -0.2) is 19.1 Å². The fraction of sp³-hybridized carbons (Fsp3) is 0.400. The van der Waals surface area contributed by atoms with Gasteiger partial charge in [-0.05, 0) is 19.4 Å². The minimum atomic E-state index is -1.26. The van der Waals surface area contributed by atoms with Crippen molar-refractivity contribution in [2.24, 2.45) is 4.99 Å². The predicted octanol–water partition coefficient (Wildman–Crippen LogP) is -2.03. The second kappa shape index (κ2) is 21.9. The van der Waals surface area contributed by atoms with Crippen LogP contribution in [0.2, 0.25) is 0 Å². The van der Waals surface area contributed by atoms with Crippen molar-refractivity contribution in [3.63, 3.8) is 0 Å². The van der Waals surface area contributed by atoms with Gasteiger partial charge in [0.15, 0.2) is 0 Å². The molecule has 0 aromatic carbocycles. The number of unbranched alkanes of at least 4 members (excludes halogenated alkanes) is 1. The molecule has 0 fully saturated rings. The van der Waals surface area contributed by atoms with Crippen molar-refractivity contribution in [1.82, 2.24) is 5.32 Å². The zero-order valence-corrected chi connectivity index (χ0v) is 17.3. The molecule has 0 unspecified atom stereocenters. The Morgan fingerprint density at radius 2 is 2.13 bits per heavy atom. The summed E-state index contributed by atoms with van der Waals surface area (Å²) in [6.07, 6.45) is 11.6. The fourth-order valence-corrected chi connectivity index (χ4v) is 1.15. The number of carbonyl (C=O) groups excluding carboxylic acids is 2. The van der Waals surface area contributed by atoms with Gasteiger partial charge in [-0.3, -0.25) is 16.1 Å². The summed E-state index contributed by atoms with van der Waals surface area (Å²) in [6.45, 7) is 7.13. The number of hydrogen-bond donors (Lipinski definition) is 3. The third-order valence-electron chi connectivity index (χ3n) is 2.08. The number of amides is 1. The van der Waals surface area contributed by atoms with E-state index in [2.05, 4.69) is 17.2 Å². The zero-order valence-electron chi connectivity index (χ0n) is 14.2. The van der Waals surface area contributed by atoms with Gasteiger partial charge in [0.1, 0.15) is 0 Å². The van der Waals surface area contributed by atoms with Crippen molar-refractivity contribution in [3.8, 4) is 0 Å². The van der Waals surface area contributed by atoms with Crippen molar-refractivity contribution >= 4 is 25.5 Å². The summed E-state index contributed by atoms with van der Waals surface area (Å²) in [5.74, 6) is -0.289. The Kier molecular flexibility index (Phi) is 26.4. The maximum atomic E-state index is 11.4. The summed E-state index contributed by atoms with van der Waals surface area (Å²) in [5.41, 5.74) is 0.498. The van der Waals surface area contributed by atoms with E-state index in [1.807, 2.05) is 6.92 Å². The molecule has 0 aliphatic heterocycles. The Labute approximate surface area is 182 Å². The first-order chi connectivity index (χ1) is 10.5. The number of rotatable bonds is 9. The van der Waals surface area contributed by atoms with Crippen LogP contribution in [0.4, 0.5) is 0 Å². The second-order valence-electron chi connectivity index (χ2n) is 3.91. The Morgan fingerprint density at radius 1 is 1.48 bits per heavy atom. The van der Waals surface area contributed by atoms with Gasteiger partial charge in [0.25, 0.3) is 7.12 Å². The van der Waals surface area contributed by atoms with E-state index >= 15 is 0 Å². The van der Waals surface area contributed by atoms with Crippen LogP contribution < -0.4 is 56.7 Å². The van der Waals surface area contributed by atoms with E-state index in [9.17, 15) is 9.59 Å². The average molecular weight is 346 g/mol. The van der Waals surface area contributed by atoms with Crippen LogP contribution in [-0.2, 0) is 9.59 Å². The number of hydrogen-bond acceptors (Lipinski definition) is 5. The Balaban J connectivity index is -0.000000425. The molecule has 3 N–H and O–H groups in total. The average Bonchev–Trinajstić information content (AvgIpc) is 2.50. The van der Waals surface area contributed by atoms with Gasteiger partial charge in [-0.2, -0.15) is 0 Å².